The minimum Gasteiger partial charge on any atom is -0.347 e. The standard InChI is InChI=1S/C19H19F3N2O/c1-12-4-3-9-23-17(12)18(14-7-8-14)24-16(25)11-13-5-2-6-15(10-13)19(20,21)22/h2-6,9-10,14,18H,7-8,11H2,1H3,(H,24,25). The fraction of sp³-hybridized carbons (Fsp3) is 0.368. The molecule has 1 atom stereocenters. The van der Waals surface area contributed by atoms with Gasteiger partial charge in [-0.3, -0.25) is 9.78 Å². The highest BCUT2D eigenvalue weighted by atomic mass is 19.4. The largest absolute Gasteiger partial charge is 0.416 e. The van der Waals surface area contributed by atoms with Crippen molar-refractivity contribution in [2.45, 2.75) is 38.4 Å². The van der Waals surface area contributed by atoms with Gasteiger partial charge in [0.05, 0.1) is 23.7 Å². The van der Waals surface area contributed by atoms with Gasteiger partial charge in [-0.05, 0) is 48.9 Å². The van der Waals surface area contributed by atoms with Gasteiger partial charge in [0.1, 0.15) is 0 Å². The van der Waals surface area contributed by atoms with Crippen molar-refractivity contribution in [3.8, 4) is 0 Å². The lowest BCUT2D eigenvalue weighted by Crippen LogP contribution is -2.32. The SMILES string of the molecule is Cc1cccnc1C(NC(=O)Cc1cccc(C(F)(F)F)c1)C1CC1. The summed E-state index contributed by atoms with van der Waals surface area (Å²) in [6.45, 7) is 1.94. The van der Waals surface area contributed by atoms with E-state index in [0.29, 0.717) is 11.5 Å². The molecule has 1 saturated carbocycles. The van der Waals surface area contributed by atoms with E-state index in [1.54, 1.807) is 6.20 Å². The van der Waals surface area contributed by atoms with Crippen molar-refractivity contribution in [2.24, 2.45) is 5.92 Å². The molecule has 1 fully saturated rings. The van der Waals surface area contributed by atoms with Crippen LogP contribution in [0.15, 0.2) is 42.6 Å². The minimum atomic E-state index is -4.41. The van der Waals surface area contributed by atoms with Crippen LogP contribution >= 0.6 is 0 Å². The number of benzene rings is 1. The maximum absolute atomic E-state index is 12.8. The zero-order valence-corrected chi connectivity index (χ0v) is 13.8. The van der Waals surface area contributed by atoms with Crippen LogP contribution < -0.4 is 5.32 Å². The van der Waals surface area contributed by atoms with Crippen molar-refractivity contribution < 1.29 is 18.0 Å². The van der Waals surface area contributed by atoms with E-state index in [-0.39, 0.29) is 18.4 Å². The molecule has 1 aromatic carbocycles. The van der Waals surface area contributed by atoms with Gasteiger partial charge in [0, 0.05) is 6.20 Å². The molecule has 0 radical (unpaired) electrons. The molecular weight excluding hydrogens is 329 g/mol. The Labute approximate surface area is 144 Å². The van der Waals surface area contributed by atoms with E-state index in [0.717, 1.165) is 36.2 Å². The van der Waals surface area contributed by atoms with Crippen LogP contribution in [0, 0.1) is 12.8 Å². The van der Waals surface area contributed by atoms with E-state index >= 15 is 0 Å². The summed E-state index contributed by atoms with van der Waals surface area (Å²) in [5.74, 6) is 0.0559. The number of aromatic nitrogens is 1. The van der Waals surface area contributed by atoms with Gasteiger partial charge in [0.2, 0.25) is 5.91 Å². The summed E-state index contributed by atoms with van der Waals surface area (Å²) in [5, 5.41) is 2.96. The van der Waals surface area contributed by atoms with Gasteiger partial charge in [0.15, 0.2) is 0 Å². The van der Waals surface area contributed by atoms with Crippen LogP contribution in [0.25, 0.3) is 0 Å². The van der Waals surface area contributed by atoms with Crippen molar-refractivity contribution in [2.75, 3.05) is 0 Å². The quantitative estimate of drug-likeness (QED) is 0.879. The molecule has 3 rings (SSSR count). The summed E-state index contributed by atoms with van der Waals surface area (Å²) in [6, 6.07) is 8.49. The van der Waals surface area contributed by atoms with Crippen molar-refractivity contribution in [1.82, 2.24) is 10.3 Å². The van der Waals surface area contributed by atoms with Crippen LogP contribution in [0.4, 0.5) is 13.2 Å². The van der Waals surface area contributed by atoms with Gasteiger partial charge in [0.25, 0.3) is 0 Å². The maximum atomic E-state index is 12.8. The van der Waals surface area contributed by atoms with Crippen LogP contribution in [0.3, 0.4) is 0 Å². The first kappa shape index (κ1) is 17.5. The number of alkyl halides is 3. The number of rotatable bonds is 5. The van der Waals surface area contributed by atoms with E-state index < -0.39 is 11.7 Å². The number of carbonyl (C=O) groups is 1. The highest BCUT2D eigenvalue weighted by molar-refractivity contribution is 5.79. The topological polar surface area (TPSA) is 42.0 Å². The Kier molecular flexibility index (Phi) is 4.79. The Hall–Kier alpha value is -2.37. The molecule has 6 heteroatoms. The zero-order chi connectivity index (χ0) is 18.0. The predicted octanol–water partition coefficient (Wildman–Crippen LogP) is 4.22. The van der Waals surface area contributed by atoms with E-state index in [4.69, 9.17) is 0 Å². The minimum absolute atomic E-state index is 0.0843. The molecule has 1 amide bonds. The van der Waals surface area contributed by atoms with E-state index in [1.807, 2.05) is 19.1 Å². The number of pyridine rings is 1. The summed E-state index contributed by atoms with van der Waals surface area (Å²) >= 11 is 0. The van der Waals surface area contributed by atoms with Crippen LogP contribution in [0.5, 0.6) is 0 Å². The fourth-order valence-electron chi connectivity index (χ4n) is 2.93. The number of aryl methyl sites for hydroxylation is 1. The smallest absolute Gasteiger partial charge is 0.347 e. The third-order valence-electron chi connectivity index (χ3n) is 4.37. The van der Waals surface area contributed by atoms with Gasteiger partial charge in [-0.25, -0.2) is 0 Å². The molecule has 1 N–H and O–H groups in total. The van der Waals surface area contributed by atoms with Crippen molar-refractivity contribution >= 4 is 5.91 Å². The highest BCUT2D eigenvalue weighted by Gasteiger charge is 2.35. The monoisotopic (exact) mass is 348 g/mol. The van der Waals surface area contributed by atoms with Crippen LogP contribution in [0.1, 0.15) is 41.3 Å². The summed E-state index contributed by atoms with van der Waals surface area (Å²) in [4.78, 5) is 16.8. The number of nitrogens with zero attached hydrogens (tertiary/aromatic N) is 1. The first-order chi connectivity index (χ1) is 11.8. The molecule has 132 valence electrons. The van der Waals surface area contributed by atoms with Crippen LogP contribution in [0.2, 0.25) is 0 Å². The first-order valence-electron chi connectivity index (χ1n) is 8.21. The number of hydrogen-bond donors (Lipinski definition) is 1. The molecule has 0 bridgehead atoms. The lowest BCUT2D eigenvalue weighted by atomic mass is 10.0. The summed E-state index contributed by atoms with van der Waals surface area (Å²) in [5.41, 5.74) is 1.44. The molecule has 0 aliphatic heterocycles. The molecule has 1 unspecified atom stereocenters. The van der Waals surface area contributed by atoms with Gasteiger partial charge >= 0.3 is 6.18 Å². The average Bonchev–Trinajstić information content (AvgIpc) is 3.38. The second-order valence-electron chi connectivity index (χ2n) is 6.46. The summed E-state index contributed by atoms with van der Waals surface area (Å²) < 4.78 is 38.4. The van der Waals surface area contributed by atoms with Gasteiger partial charge in [-0.1, -0.05) is 24.3 Å². The molecule has 2 aromatic rings. The Balaban J connectivity index is 1.72. The van der Waals surface area contributed by atoms with Crippen LogP contribution in [-0.4, -0.2) is 10.9 Å². The number of carbonyl (C=O) groups excluding carboxylic acids is 1. The maximum Gasteiger partial charge on any atom is 0.416 e. The molecule has 3 nitrogen and oxygen atoms in total. The number of halogens is 3. The second-order valence-corrected chi connectivity index (χ2v) is 6.46. The van der Waals surface area contributed by atoms with E-state index in [1.165, 1.54) is 12.1 Å². The lowest BCUT2D eigenvalue weighted by Gasteiger charge is -2.19. The number of amides is 1. The molecule has 0 saturated heterocycles. The number of hydrogen-bond acceptors (Lipinski definition) is 2. The Morgan fingerprint density at radius 2 is 2.04 bits per heavy atom. The molecule has 0 spiro atoms. The third-order valence-corrected chi connectivity index (χ3v) is 4.37. The average molecular weight is 348 g/mol. The van der Waals surface area contributed by atoms with Crippen molar-refractivity contribution in [3.05, 3.63) is 65.0 Å². The number of nitrogens with one attached hydrogen (secondary N) is 1. The Morgan fingerprint density at radius 1 is 1.28 bits per heavy atom. The second kappa shape index (κ2) is 6.86. The molecular formula is C19H19F3N2O. The predicted molar refractivity (Wildman–Crippen MR) is 87.7 cm³/mol. The van der Waals surface area contributed by atoms with E-state index in [2.05, 4.69) is 10.3 Å². The summed E-state index contributed by atoms with van der Waals surface area (Å²) in [6.07, 6.45) is -0.765. The Morgan fingerprint density at radius 3 is 2.68 bits per heavy atom. The van der Waals surface area contributed by atoms with Crippen LogP contribution in [-0.2, 0) is 17.4 Å². The van der Waals surface area contributed by atoms with Crippen molar-refractivity contribution in [1.29, 1.82) is 0 Å². The first-order valence-corrected chi connectivity index (χ1v) is 8.21. The van der Waals surface area contributed by atoms with Gasteiger partial charge in [-0.2, -0.15) is 13.2 Å². The highest BCUT2D eigenvalue weighted by Crippen LogP contribution is 2.41. The molecule has 1 aromatic heterocycles. The lowest BCUT2D eigenvalue weighted by molar-refractivity contribution is -0.137. The van der Waals surface area contributed by atoms with Gasteiger partial charge < -0.3 is 5.32 Å². The fourth-order valence-corrected chi connectivity index (χ4v) is 2.93. The van der Waals surface area contributed by atoms with E-state index in [9.17, 15) is 18.0 Å². The van der Waals surface area contributed by atoms with Gasteiger partial charge in [-0.15, -0.1) is 0 Å². The third kappa shape index (κ3) is 4.38. The molecule has 25 heavy (non-hydrogen) atoms. The zero-order valence-electron chi connectivity index (χ0n) is 13.8. The molecule has 1 aliphatic rings. The summed E-state index contributed by atoms with van der Waals surface area (Å²) in [7, 11) is 0. The molecule has 1 heterocycles. The normalized spacial score (nSPS) is 15.7. The molecule has 1 aliphatic carbocycles. The van der Waals surface area contributed by atoms with Crippen molar-refractivity contribution in [3.63, 3.8) is 0 Å². The Bertz CT molecular complexity index is 769.